The molecule has 124 valence electrons. The molecule has 3 heterocycles. The van der Waals surface area contributed by atoms with Gasteiger partial charge in [-0.05, 0) is 12.5 Å². The van der Waals surface area contributed by atoms with Crippen molar-refractivity contribution in [3.63, 3.8) is 0 Å². The fourth-order valence-electron chi connectivity index (χ4n) is 2.42. The maximum absolute atomic E-state index is 12.7. The van der Waals surface area contributed by atoms with E-state index in [2.05, 4.69) is 25.3 Å². The van der Waals surface area contributed by atoms with Crippen LogP contribution in [0.1, 0.15) is 17.8 Å². The normalized spacial score (nSPS) is 17.6. The predicted octanol–water partition coefficient (Wildman–Crippen LogP) is 1.85. The van der Waals surface area contributed by atoms with Gasteiger partial charge in [0.25, 0.3) is 0 Å². The molecule has 0 saturated carbocycles. The van der Waals surface area contributed by atoms with Crippen LogP contribution in [-0.2, 0) is 6.18 Å². The highest BCUT2D eigenvalue weighted by atomic mass is 19.4. The minimum Gasteiger partial charge on any atom is -0.365 e. The number of nitrogens with zero attached hydrogens (tertiary/aromatic N) is 6. The molecule has 1 atom stereocenters. The van der Waals surface area contributed by atoms with Gasteiger partial charge in [-0.25, -0.2) is 19.9 Å². The van der Waals surface area contributed by atoms with Gasteiger partial charge in [-0.2, -0.15) is 18.4 Å². The first-order chi connectivity index (χ1) is 11.5. The number of nitrogens with one attached hydrogen (secondary N) is 1. The Morgan fingerprint density at radius 3 is 2.88 bits per heavy atom. The second kappa shape index (κ2) is 6.27. The van der Waals surface area contributed by atoms with Crippen molar-refractivity contribution < 1.29 is 13.2 Å². The van der Waals surface area contributed by atoms with Crippen LogP contribution in [0.25, 0.3) is 0 Å². The van der Waals surface area contributed by atoms with Gasteiger partial charge in [0.15, 0.2) is 0 Å². The van der Waals surface area contributed by atoms with E-state index < -0.39 is 11.9 Å². The molecule has 1 fully saturated rings. The Morgan fingerprint density at radius 1 is 1.29 bits per heavy atom. The molecule has 0 radical (unpaired) electrons. The monoisotopic (exact) mass is 335 g/mol. The number of anilines is 2. The molecule has 3 rings (SSSR count). The van der Waals surface area contributed by atoms with E-state index in [0.717, 1.165) is 12.4 Å². The van der Waals surface area contributed by atoms with E-state index in [4.69, 9.17) is 5.26 Å². The van der Waals surface area contributed by atoms with Crippen LogP contribution in [0.4, 0.5) is 24.9 Å². The molecule has 0 spiro atoms. The molecule has 0 aliphatic carbocycles. The van der Waals surface area contributed by atoms with E-state index in [-0.39, 0.29) is 17.6 Å². The third-order valence-electron chi connectivity index (χ3n) is 3.54. The van der Waals surface area contributed by atoms with Gasteiger partial charge in [0.05, 0.1) is 0 Å². The zero-order valence-electron chi connectivity index (χ0n) is 12.3. The summed E-state index contributed by atoms with van der Waals surface area (Å²) in [6.45, 7) is 1.13. The standard InChI is InChI=1S/C14H12F3N7/c15-14(16,17)11-5-12(21-8-20-11)22-10-2-4-24(7-10)13-19-3-1-9(6-18)23-13/h1,3,5,8,10H,2,4,7H2,(H,20,21,22). The molecule has 1 saturated heterocycles. The average molecular weight is 335 g/mol. The van der Waals surface area contributed by atoms with Crippen molar-refractivity contribution in [3.8, 4) is 6.07 Å². The van der Waals surface area contributed by atoms with Crippen LogP contribution in [0.15, 0.2) is 24.7 Å². The van der Waals surface area contributed by atoms with Gasteiger partial charge in [-0.3, -0.25) is 0 Å². The van der Waals surface area contributed by atoms with Gasteiger partial charge >= 0.3 is 6.18 Å². The van der Waals surface area contributed by atoms with Crippen molar-refractivity contribution in [3.05, 3.63) is 36.0 Å². The van der Waals surface area contributed by atoms with Gasteiger partial charge in [0.2, 0.25) is 5.95 Å². The van der Waals surface area contributed by atoms with Crippen LogP contribution in [0, 0.1) is 11.3 Å². The number of halogens is 3. The minimum atomic E-state index is -4.51. The highest BCUT2D eigenvalue weighted by Crippen LogP contribution is 2.28. The SMILES string of the molecule is N#Cc1ccnc(N2CCC(Nc3cc(C(F)(F)F)ncn3)C2)n1. The molecule has 1 aliphatic rings. The first-order valence-electron chi connectivity index (χ1n) is 7.09. The van der Waals surface area contributed by atoms with Crippen molar-refractivity contribution in [1.82, 2.24) is 19.9 Å². The van der Waals surface area contributed by atoms with Crippen LogP contribution in [0.5, 0.6) is 0 Å². The molecule has 1 N–H and O–H groups in total. The Balaban J connectivity index is 1.67. The molecule has 2 aromatic heterocycles. The number of nitriles is 1. The van der Waals surface area contributed by atoms with E-state index in [1.807, 2.05) is 11.0 Å². The lowest BCUT2D eigenvalue weighted by atomic mass is 10.2. The summed E-state index contributed by atoms with van der Waals surface area (Å²) in [5.74, 6) is 0.549. The molecular formula is C14H12F3N7. The van der Waals surface area contributed by atoms with Crippen LogP contribution in [0.3, 0.4) is 0 Å². The van der Waals surface area contributed by atoms with E-state index in [9.17, 15) is 13.2 Å². The maximum Gasteiger partial charge on any atom is 0.433 e. The Morgan fingerprint density at radius 2 is 2.12 bits per heavy atom. The maximum atomic E-state index is 12.7. The summed E-state index contributed by atoms with van der Waals surface area (Å²) in [6, 6.07) is 4.24. The first kappa shape index (κ1) is 15.9. The number of rotatable bonds is 3. The number of alkyl halides is 3. The van der Waals surface area contributed by atoms with Crippen molar-refractivity contribution in [2.24, 2.45) is 0 Å². The van der Waals surface area contributed by atoms with Crippen LogP contribution in [0.2, 0.25) is 0 Å². The van der Waals surface area contributed by atoms with Gasteiger partial charge in [-0.15, -0.1) is 0 Å². The van der Waals surface area contributed by atoms with E-state index in [0.29, 0.717) is 25.5 Å². The van der Waals surface area contributed by atoms with Gasteiger partial charge in [0.1, 0.15) is 29.6 Å². The Kier molecular flexibility index (Phi) is 4.16. The molecule has 0 aromatic carbocycles. The number of hydrogen-bond donors (Lipinski definition) is 1. The highest BCUT2D eigenvalue weighted by molar-refractivity contribution is 5.41. The lowest BCUT2D eigenvalue weighted by Gasteiger charge is -2.17. The molecule has 7 nitrogen and oxygen atoms in total. The summed E-state index contributed by atoms with van der Waals surface area (Å²) in [5.41, 5.74) is -0.720. The second-order valence-electron chi connectivity index (χ2n) is 5.22. The summed E-state index contributed by atoms with van der Waals surface area (Å²) < 4.78 is 38.0. The summed E-state index contributed by atoms with van der Waals surface area (Å²) >= 11 is 0. The quantitative estimate of drug-likeness (QED) is 0.915. The molecule has 2 aromatic rings. The lowest BCUT2D eigenvalue weighted by Crippen LogP contribution is -2.27. The predicted molar refractivity (Wildman–Crippen MR) is 78.0 cm³/mol. The van der Waals surface area contributed by atoms with Crippen molar-refractivity contribution in [1.29, 1.82) is 5.26 Å². The van der Waals surface area contributed by atoms with Gasteiger partial charge in [-0.1, -0.05) is 0 Å². The first-order valence-corrected chi connectivity index (χ1v) is 7.09. The van der Waals surface area contributed by atoms with Crippen molar-refractivity contribution >= 4 is 11.8 Å². The fraction of sp³-hybridized carbons (Fsp3) is 0.357. The second-order valence-corrected chi connectivity index (χ2v) is 5.22. The zero-order chi connectivity index (χ0) is 17.2. The third kappa shape index (κ3) is 3.51. The number of aromatic nitrogens is 4. The average Bonchev–Trinajstić information content (AvgIpc) is 3.03. The largest absolute Gasteiger partial charge is 0.433 e. The van der Waals surface area contributed by atoms with Crippen molar-refractivity contribution in [2.45, 2.75) is 18.6 Å². The van der Waals surface area contributed by atoms with Crippen LogP contribution < -0.4 is 10.2 Å². The smallest absolute Gasteiger partial charge is 0.365 e. The van der Waals surface area contributed by atoms with Crippen LogP contribution >= 0.6 is 0 Å². The summed E-state index contributed by atoms with van der Waals surface area (Å²) in [4.78, 5) is 17.2. The lowest BCUT2D eigenvalue weighted by molar-refractivity contribution is -0.141. The summed E-state index contributed by atoms with van der Waals surface area (Å²) in [7, 11) is 0. The molecule has 1 aliphatic heterocycles. The Bertz CT molecular complexity index is 771. The van der Waals surface area contributed by atoms with Gasteiger partial charge < -0.3 is 10.2 Å². The fourth-order valence-corrected chi connectivity index (χ4v) is 2.42. The van der Waals surface area contributed by atoms with E-state index in [1.165, 1.54) is 12.3 Å². The van der Waals surface area contributed by atoms with E-state index in [1.54, 1.807) is 0 Å². The molecule has 10 heteroatoms. The van der Waals surface area contributed by atoms with Crippen molar-refractivity contribution in [2.75, 3.05) is 23.3 Å². The minimum absolute atomic E-state index is 0.102. The molecular weight excluding hydrogens is 323 g/mol. The zero-order valence-corrected chi connectivity index (χ0v) is 12.3. The van der Waals surface area contributed by atoms with Crippen LogP contribution in [-0.4, -0.2) is 39.1 Å². The molecule has 1 unspecified atom stereocenters. The molecule has 0 amide bonds. The Labute approximate surface area is 135 Å². The summed E-state index contributed by atoms with van der Waals surface area (Å²) in [5, 5.41) is 11.8. The Hall–Kier alpha value is -2.96. The summed E-state index contributed by atoms with van der Waals surface area (Å²) in [6.07, 6.45) is -1.43. The number of hydrogen-bond acceptors (Lipinski definition) is 7. The topological polar surface area (TPSA) is 90.6 Å². The van der Waals surface area contributed by atoms with Gasteiger partial charge in [0, 0.05) is 31.4 Å². The third-order valence-corrected chi connectivity index (χ3v) is 3.54. The highest BCUT2D eigenvalue weighted by Gasteiger charge is 2.33. The van der Waals surface area contributed by atoms with E-state index >= 15 is 0 Å². The molecule has 0 bridgehead atoms. The molecule has 24 heavy (non-hydrogen) atoms.